The van der Waals surface area contributed by atoms with Crippen molar-refractivity contribution in [3.63, 3.8) is 0 Å². The number of nitrogens with zero attached hydrogens (tertiary/aromatic N) is 3. The lowest BCUT2D eigenvalue weighted by molar-refractivity contribution is 0.552. The van der Waals surface area contributed by atoms with Crippen LogP contribution in [0.5, 0.6) is 0 Å². The summed E-state index contributed by atoms with van der Waals surface area (Å²) in [6.45, 7) is 3.75. The van der Waals surface area contributed by atoms with Crippen LogP contribution in [0.4, 0.5) is 5.95 Å². The molecule has 0 aliphatic heterocycles. The summed E-state index contributed by atoms with van der Waals surface area (Å²) in [5.41, 5.74) is 4.84. The molecule has 1 aromatic heterocycles. The fourth-order valence-electron chi connectivity index (χ4n) is 0.710. The van der Waals surface area contributed by atoms with Crippen LogP contribution in [0, 0.1) is 0 Å². The Balaban J connectivity index is 3.21. The third-order valence-electron chi connectivity index (χ3n) is 1.30. The van der Waals surface area contributed by atoms with E-state index in [9.17, 15) is 4.79 Å². The Morgan fingerprint density at radius 1 is 1.64 bits per heavy atom. The van der Waals surface area contributed by atoms with Crippen molar-refractivity contribution in [1.29, 1.82) is 0 Å². The zero-order chi connectivity index (χ0) is 8.43. The molecule has 0 aliphatic carbocycles. The first-order valence-corrected chi connectivity index (χ1v) is 3.32. The number of aromatic nitrogens is 3. The van der Waals surface area contributed by atoms with Gasteiger partial charge in [0.1, 0.15) is 6.33 Å². The van der Waals surface area contributed by atoms with Crippen molar-refractivity contribution in [3.8, 4) is 0 Å². The van der Waals surface area contributed by atoms with E-state index in [1.165, 1.54) is 10.9 Å². The SMILES string of the molecule is CC(C)n1cnc(N)nc1=O. The lowest BCUT2D eigenvalue weighted by Gasteiger charge is -2.06. The predicted molar refractivity (Wildman–Crippen MR) is 41.1 cm³/mol. The van der Waals surface area contributed by atoms with Crippen molar-refractivity contribution in [1.82, 2.24) is 14.5 Å². The molecular weight excluding hydrogens is 144 g/mol. The fourth-order valence-corrected chi connectivity index (χ4v) is 0.710. The van der Waals surface area contributed by atoms with E-state index in [4.69, 9.17) is 5.73 Å². The van der Waals surface area contributed by atoms with Crippen molar-refractivity contribution in [2.45, 2.75) is 19.9 Å². The van der Waals surface area contributed by atoms with E-state index in [1.54, 1.807) is 0 Å². The van der Waals surface area contributed by atoms with Crippen LogP contribution in [0.25, 0.3) is 0 Å². The number of hydrogen-bond acceptors (Lipinski definition) is 4. The highest BCUT2D eigenvalue weighted by atomic mass is 16.1. The van der Waals surface area contributed by atoms with Gasteiger partial charge in [0, 0.05) is 6.04 Å². The molecule has 0 unspecified atom stereocenters. The first-order valence-electron chi connectivity index (χ1n) is 3.32. The second kappa shape index (κ2) is 2.69. The maximum atomic E-state index is 11.0. The van der Waals surface area contributed by atoms with Crippen LogP contribution < -0.4 is 11.4 Å². The van der Waals surface area contributed by atoms with Gasteiger partial charge < -0.3 is 5.73 Å². The molecule has 0 radical (unpaired) electrons. The maximum absolute atomic E-state index is 11.0. The van der Waals surface area contributed by atoms with Crippen molar-refractivity contribution in [3.05, 3.63) is 16.8 Å². The van der Waals surface area contributed by atoms with Crippen molar-refractivity contribution in [2.24, 2.45) is 0 Å². The van der Waals surface area contributed by atoms with E-state index < -0.39 is 0 Å². The molecule has 1 aromatic rings. The fraction of sp³-hybridized carbons (Fsp3) is 0.500. The molecule has 11 heavy (non-hydrogen) atoms. The summed E-state index contributed by atoms with van der Waals surface area (Å²) in [5, 5.41) is 0. The molecule has 0 saturated carbocycles. The van der Waals surface area contributed by atoms with Crippen LogP contribution in [0.2, 0.25) is 0 Å². The Bertz CT molecular complexity index is 304. The lowest BCUT2D eigenvalue weighted by atomic mass is 10.4. The minimum absolute atomic E-state index is 0.0203. The molecule has 5 nitrogen and oxygen atoms in total. The van der Waals surface area contributed by atoms with Crippen molar-refractivity contribution in [2.75, 3.05) is 5.73 Å². The van der Waals surface area contributed by atoms with Crippen molar-refractivity contribution >= 4 is 5.95 Å². The number of anilines is 1. The Morgan fingerprint density at radius 3 is 2.73 bits per heavy atom. The number of hydrogen-bond donors (Lipinski definition) is 1. The average Bonchev–Trinajstić information content (AvgIpc) is 1.85. The maximum Gasteiger partial charge on any atom is 0.352 e. The molecule has 1 heterocycles. The van der Waals surface area contributed by atoms with Gasteiger partial charge in [-0.3, -0.25) is 4.57 Å². The summed E-state index contributed by atoms with van der Waals surface area (Å²) in [5.74, 6) is 0.0203. The molecule has 0 spiro atoms. The molecule has 1 rings (SSSR count). The van der Waals surface area contributed by atoms with Gasteiger partial charge in [0.05, 0.1) is 0 Å². The molecule has 0 amide bonds. The lowest BCUT2D eigenvalue weighted by Crippen LogP contribution is -2.25. The van der Waals surface area contributed by atoms with Crippen LogP contribution >= 0.6 is 0 Å². The highest BCUT2D eigenvalue weighted by molar-refractivity contribution is 5.09. The summed E-state index contributed by atoms with van der Waals surface area (Å²) in [7, 11) is 0. The Morgan fingerprint density at radius 2 is 2.27 bits per heavy atom. The zero-order valence-electron chi connectivity index (χ0n) is 6.48. The van der Waals surface area contributed by atoms with Crippen LogP contribution in [0.1, 0.15) is 19.9 Å². The van der Waals surface area contributed by atoms with Crippen LogP contribution in [0.15, 0.2) is 11.1 Å². The highest BCUT2D eigenvalue weighted by Gasteiger charge is 2.00. The van der Waals surface area contributed by atoms with Gasteiger partial charge in [-0.2, -0.15) is 4.98 Å². The van der Waals surface area contributed by atoms with E-state index in [2.05, 4.69) is 9.97 Å². The van der Waals surface area contributed by atoms with Gasteiger partial charge in [-0.25, -0.2) is 9.78 Å². The molecule has 0 atom stereocenters. The second-order valence-corrected chi connectivity index (χ2v) is 2.50. The summed E-state index contributed by atoms with van der Waals surface area (Å²) < 4.78 is 1.41. The first kappa shape index (κ1) is 7.71. The van der Waals surface area contributed by atoms with Gasteiger partial charge in [-0.15, -0.1) is 0 Å². The van der Waals surface area contributed by atoms with Crippen LogP contribution in [-0.2, 0) is 0 Å². The molecular formula is C6H10N4O. The van der Waals surface area contributed by atoms with Crippen molar-refractivity contribution < 1.29 is 0 Å². The van der Waals surface area contributed by atoms with Gasteiger partial charge in [0.25, 0.3) is 0 Å². The zero-order valence-corrected chi connectivity index (χ0v) is 6.48. The quantitative estimate of drug-likeness (QED) is 0.608. The minimum Gasteiger partial charge on any atom is -0.368 e. The third-order valence-corrected chi connectivity index (χ3v) is 1.30. The Labute approximate surface area is 63.9 Å². The van der Waals surface area contributed by atoms with Gasteiger partial charge in [-0.05, 0) is 13.8 Å². The van der Waals surface area contributed by atoms with E-state index in [-0.39, 0.29) is 17.7 Å². The van der Waals surface area contributed by atoms with Crippen LogP contribution in [-0.4, -0.2) is 14.5 Å². The molecule has 2 N–H and O–H groups in total. The normalized spacial score (nSPS) is 10.5. The molecule has 0 aliphatic rings. The molecule has 5 heteroatoms. The standard InChI is InChI=1S/C6H10N4O/c1-4(2)10-3-8-5(7)9-6(10)11/h3-4H,1-2H3,(H2,7,9,11). The Hall–Kier alpha value is -1.39. The van der Waals surface area contributed by atoms with Gasteiger partial charge in [-0.1, -0.05) is 0 Å². The average molecular weight is 154 g/mol. The van der Waals surface area contributed by atoms with E-state index in [0.29, 0.717) is 0 Å². The summed E-state index contributed by atoms with van der Waals surface area (Å²) >= 11 is 0. The van der Waals surface area contributed by atoms with Gasteiger partial charge in [0.15, 0.2) is 0 Å². The topological polar surface area (TPSA) is 73.8 Å². The van der Waals surface area contributed by atoms with E-state index in [1.807, 2.05) is 13.8 Å². The summed E-state index contributed by atoms with van der Waals surface area (Å²) in [6.07, 6.45) is 1.40. The number of nitrogens with two attached hydrogens (primary N) is 1. The van der Waals surface area contributed by atoms with Gasteiger partial charge >= 0.3 is 5.69 Å². The first-order chi connectivity index (χ1) is 5.11. The van der Waals surface area contributed by atoms with Crippen LogP contribution in [0.3, 0.4) is 0 Å². The summed E-state index contributed by atoms with van der Waals surface area (Å²) in [4.78, 5) is 18.2. The molecule has 0 aromatic carbocycles. The molecule has 0 bridgehead atoms. The molecule has 60 valence electrons. The summed E-state index contributed by atoms with van der Waals surface area (Å²) in [6, 6.07) is 0.0723. The van der Waals surface area contributed by atoms with E-state index in [0.717, 1.165) is 0 Å². The molecule has 0 saturated heterocycles. The smallest absolute Gasteiger partial charge is 0.352 e. The number of rotatable bonds is 1. The largest absolute Gasteiger partial charge is 0.368 e. The number of nitrogen functional groups attached to an aromatic ring is 1. The molecule has 0 fully saturated rings. The van der Waals surface area contributed by atoms with E-state index >= 15 is 0 Å². The third kappa shape index (κ3) is 1.54. The predicted octanol–water partition coefficient (Wildman–Crippen LogP) is -0.199. The highest BCUT2D eigenvalue weighted by Crippen LogP contribution is 1.96. The minimum atomic E-state index is -0.354. The monoisotopic (exact) mass is 154 g/mol. The Kier molecular flexibility index (Phi) is 1.89. The van der Waals surface area contributed by atoms with Gasteiger partial charge in [0.2, 0.25) is 5.95 Å². The second-order valence-electron chi connectivity index (χ2n) is 2.50.